The molecule has 0 fully saturated rings. The molecule has 0 radical (unpaired) electrons. The first-order valence-corrected chi connectivity index (χ1v) is 18.1. The number of fused-ring (bicyclic) bond motifs is 2. The molecule has 4 aliphatic carbocycles. The lowest BCUT2D eigenvalue weighted by molar-refractivity contribution is 0.331. The van der Waals surface area contributed by atoms with Gasteiger partial charge in [0.1, 0.15) is 0 Å². The van der Waals surface area contributed by atoms with Crippen molar-refractivity contribution in [3.05, 3.63) is 174 Å². The first kappa shape index (κ1) is 28.2. The molecule has 3 aromatic rings. The van der Waals surface area contributed by atoms with Crippen LogP contribution in [0.25, 0.3) is 11.3 Å². The quantitative estimate of drug-likeness (QED) is 0.278. The largest absolute Gasteiger partial charge is 0.337 e. The molecule has 0 saturated carbocycles. The average Bonchev–Trinajstić information content (AvgIpc) is 3.44. The number of nitrogens with zero attached hydrogens (tertiary/aromatic N) is 2. The van der Waals surface area contributed by atoms with Crippen molar-refractivity contribution in [2.45, 2.75) is 53.7 Å². The molecular formula is C42H40N2S. The van der Waals surface area contributed by atoms with Gasteiger partial charge in [-0.25, -0.2) is 0 Å². The van der Waals surface area contributed by atoms with Gasteiger partial charge in [-0.3, -0.25) is 4.98 Å². The summed E-state index contributed by atoms with van der Waals surface area (Å²) in [5, 5.41) is 0.332. The Kier molecular flexibility index (Phi) is 7.43. The van der Waals surface area contributed by atoms with Gasteiger partial charge in [-0.2, -0.15) is 10.0 Å². The summed E-state index contributed by atoms with van der Waals surface area (Å²) < 4.78 is 0. The van der Waals surface area contributed by atoms with E-state index in [2.05, 4.69) is 164 Å². The number of rotatable bonds is 6. The molecule has 5 aliphatic rings. The monoisotopic (exact) mass is 604 g/mol. The van der Waals surface area contributed by atoms with Crippen molar-refractivity contribution in [3.63, 3.8) is 0 Å². The lowest BCUT2D eigenvalue weighted by Gasteiger charge is -2.49. The lowest BCUT2D eigenvalue weighted by Crippen LogP contribution is -2.34. The fourth-order valence-electron chi connectivity index (χ4n) is 7.99. The number of benzene rings is 2. The van der Waals surface area contributed by atoms with Crippen LogP contribution in [0, 0.1) is 11.8 Å². The molecule has 0 bridgehead atoms. The van der Waals surface area contributed by atoms with E-state index in [0.29, 0.717) is 23.1 Å². The Hall–Kier alpha value is -4.34. The molecule has 1 aromatic heterocycles. The molecule has 1 aliphatic heterocycles. The van der Waals surface area contributed by atoms with Crippen LogP contribution in [-0.2, 0) is 0 Å². The molecule has 2 aromatic carbocycles. The first-order valence-electron chi connectivity index (χ1n) is 16.4. The van der Waals surface area contributed by atoms with E-state index in [-0.39, 0.29) is 0 Å². The summed E-state index contributed by atoms with van der Waals surface area (Å²) in [4.78, 5) is 12.1. The average molecular weight is 605 g/mol. The normalized spacial score (nSPS) is 27.0. The molecular weight excluding hydrogens is 565 g/mol. The van der Waals surface area contributed by atoms with Gasteiger partial charge < -0.3 is 4.90 Å². The molecule has 3 heteroatoms. The third-order valence-electron chi connectivity index (χ3n) is 10.1. The van der Waals surface area contributed by atoms with Crippen LogP contribution >= 0.6 is 10.0 Å². The third kappa shape index (κ3) is 4.76. The molecule has 0 amide bonds. The highest BCUT2D eigenvalue weighted by molar-refractivity contribution is 8.37. The topological polar surface area (TPSA) is 16.1 Å². The maximum atomic E-state index is 5.14. The van der Waals surface area contributed by atoms with E-state index in [1.165, 1.54) is 21.2 Å². The zero-order chi connectivity index (χ0) is 30.2. The number of pyridine rings is 1. The maximum Gasteiger partial charge on any atom is 0.0702 e. The molecule has 2 heterocycles. The second-order valence-corrected chi connectivity index (χ2v) is 16.0. The summed E-state index contributed by atoms with van der Waals surface area (Å²) in [6, 6.07) is 26.9. The smallest absolute Gasteiger partial charge is 0.0702 e. The molecule has 0 spiro atoms. The van der Waals surface area contributed by atoms with Crippen LogP contribution in [0.3, 0.4) is 0 Å². The van der Waals surface area contributed by atoms with Gasteiger partial charge in [-0.15, -0.1) is 0 Å². The zero-order valence-electron chi connectivity index (χ0n) is 25.9. The Bertz CT molecular complexity index is 1820. The Morgan fingerprint density at radius 3 is 2.33 bits per heavy atom. The van der Waals surface area contributed by atoms with Gasteiger partial charge >= 0.3 is 0 Å². The fraction of sp³-hybridized carbons (Fsp3) is 0.214. The highest BCUT2D eigenvalue weighted by Gasteiger charge is 2.47. The maximum absolute atomic E-state index is 5.14. The van der Waals surface area contributed by atoms with Crippen LogP contribution in [0.5, 0.6) is 0 Å². The Morgan fingerprint density at radius 1 is 0.778 bits per heavy atom. The van der Waals surface area contributed by atoms with E-state index in [1.54, 1.807) is 10.5 Å². The summed E-state index contributed by atoms with van der Waals surface area (Å²) in [5.41, 5.74) is 6.64. The number of hydrogen-bond donors (Lipinski definition) is 0. The second-order valence-electron chi connectivity index (χ2n) is 12.6. The van der Waals surface area contributed by atoms with Gasteiger partial charge in [-0.05, 0) is 83.4 Å². The van der Waals surface area contributed by atoms with E-state index in [9.17, 15) is 0 Å². The Labute approximate surface area is 269 Å². The van der Waals surface area contributed by atoms with Gasteiger partial charge in [0.05, 0.1) is 11.7 Å². The number of aromatic nitrogens is 1. The summed E-state index contributed by atoms with van der Waals surface area (Å²) in [5.74, 6) is 0.901. The predicted molar refractivity (Wildman–Crippen MR) is 190 cm³/mol. The molecule has 5 unspecified atom stereocenters. The van der Waals surface area contributed by atoms with Crippen molar-refractivity contribution in [2.24, 2.45) is 11.8 Å². The van der Waals surface area contributed by atoms with E-state index >= 15 is 0 Å². The van der Waals surface area contributed by atoms with Crippen molar-refractivity contribution in [1.82, 2.24) is 9.88 Å². The first-order chi connectivity index (χ1) is 22.2. The lowest BCUT2D eigenvalue weighted by atomic mass is 9.86. The van der Waals surface area contributed by atoms with Crippen LogP contribution in [0.15, 0.2) is 184 Å². The van der Waals surface area contributed by atoms with E-state index in [4.69, 9.17) is 4.98 Å². The molecule has 0 N–H and O–H groups in total. The van der Waals surface area contributed by atoms with Crippen molar-refractivity contribution in [2.75, 3.05) is 0 Å². The van der Waals surface area contributed by atoms with Crippen LogP contribution < -0.4 is 0 Å². The van der Waals surface area contributed by atoms with Gasteiger partial charge in [0.25, 0.3) is 0 Å². The molecule has 8 rings (SSSR count). The summed E-state index contributed by atoms with van der Waals surface area (Å²) in [6.07, 6.45) is 34.9. The molecule has 0 saturated heterocycles. The fourth-order valence-corrected chi connectivity index (χ4v) is 12.5. The van der Waals surface area contributed by atoms with Gasteiger partial charge in [0.2, 0.25) is 0 Å². The molecule has 45 heavy (non-hydrogen) atoms. The SMILES string of the molecule is CC1CC=CC=C1N1C2=C(CC(S(C3=CC=CCC3)(c3ccccc3)c3ccc(-c4ccccc4)nc3)C=C2)C2C=CC=CC21. The van der Waals surface area contributed by atoms with Gasteiger partial charge in [0.15, 0.2) is 0 Å². The number of hydrogen-bond acceptors (Lipinski definition) is 2. The van der Waals surface area contributed by atoms with E-state index < -0.39 is 10.0 Å². The highest BCUT2D eigenvalue weighted by Crippen LogP contribution is 2.74. The van der Waals surface area contributed by atoms with Crippen LogP contribution in [0.2, 0.25) is 0 Å². The van der Waals surface area contributed by atoms with Crippen molar-refractivity contribution < 1.29 is 0 Å². The Balaban J connectivity index is 1.28. The second kappa shape index (κ2) is 11.9. The Morgan fingerprint density at radius 2 is 1.58 bits per heavy atom. The molecule has 5 atom stereocenters. The number of allylic oxidation sites excluding steroid dienone is 11. The molecule has 2 nitrogen and oxygen atoms in total. The minimum Gasteiger partial charge on any atom is -0.337 e. The highest BCUT2D eigenvalue weighted by atomic mass is 32.3. The van der Waals surface area contributed by atoms with Gasteiger partial charge in [-0.1, -0.05) is 116 Å². The summed E-state index contributed by atoms with van der Waals surface area (Å²) >= 11 is 0. The minimum atomic E-state index is -1.65. The van der Waals surface area contributed by atoms with Crippen LogP contribution in [-0.4, -0.2) is 21.2 Å². The standard InChI is InChI=1S/C42H40N2S/c1-31-15-11-13-23-40(31)44-41-24-14-12-22-37(41)38-29-35(26-28-42(38)44)45(33-18-7-3-8-19-33,34-20-9-4-10-21-34)36-25-27-39(43-30-36)32-16-5-2-6-17-32/h2-9,11-14,16-20,22-28,30-31,35,37,41H,10,15,21,29H2,1H3. The van der Waals surface area contributed by atoms with Gasteiger partial charge in [0, 0.05) is 39.2 Å². The van der Waals surface area contributed by atoms with Crippen molar-refractivity contribution >= 4 is 10.0 Å². The summed E-state index contributed by atoms with van der Waals surface area (Å²) in [6.45, 7) is 2.38. The van der Waals surface area contributed by atoms with Crippen LogP contribution in [0.1, 0.15) is 32.6 Å². The third-order valence-corrected chi connectivity index (χ3v) is 14.5. The van der Waals surface area contributed by atoms with Crippen molar-refractivity contribution in [1.29, 1.82) is 0 Å². The zero-order valence-corrected chi connectivity index (χ0v) is 26.7. The van der Waals surface area contributed by atoms with Crippen LogP contribution in [0.4, 0.5) is 0 Å². The molecule has 224 valence electrons. The van der Waals surface area contributed by atoms with E-state index in [1.807, 2.05) is 0 Å². The van der Waals surface area contributed by atoms with Crippen molar-refractivity contribution in [3.8, 4) is 11.3 Å². The summed E-state index contributed by atoms with van der Waals surface area (Å²) in [7, 11) is -1.65. The van der Waals surface area contributed by atoms with E-state index in [0.717, 1.165) is 36.9 Å². The predicted octanol–water partition coefficient (Wildman–Crippen LogP) is 10.7. The minimum absolute atomic E-state index is 0.332.